The molecule has 0 saturated heterocycles. The highest BCUT2D eigenvalue weighted by Crippen LogP contribution is 2.22. The Morgan fingerprint density at radius 2 is 1.68 bits per heavy atom. The zero-order chi connectivity index (χ0) is 22.6. The summed E-state index contributed by atoms with van der Waals surface area (Å²) >= 11 is 0. The van der Waals surface area contributed by atoms with Crippen LogP contribution >= 0.6 is 0 Å². The van der Waals surface area contributed by atoms with Crippen LogP contribution in [-0.4, -0.2) is 35.9 Å². The number of nitrogens with one attached hydrogen (secondary N) is 2. The number of hydrogen-bond donors (Lipinski definition) is 3. The highest BCUT2D eigenvalue weighted by molar-refractivity contribution is 7.89. The second-order valence-corrected chi connectivity index (χ2v) is 8.97. The molecule has 0 fully saturated rings. The van der Waals surface area contributed by atoms with Crippen molar-refractivity contribution in [2.45, 2.75) is 32.1 Å². The van der Waals surface area contributed by atoms with Crippen LogP contribution in [-0.2, 0) is 14.8 Å². The Balaban J connectivity index is 1.57. The normalized spacial score (nSPS) is 11.3. The van der Waals surface area contributed by atoms with Crippen molar-refractivity contribution >= 4 is 21.6 Å². The van der Waals surface area contributed by atoms with Gasteiger partial charge in [-0.25, -0.2) is 23.1 Å². The number of hydrogen-bond acceptors (Lipinski definition) is 6. The minimum Gasteiger partial charge on any atom is -0.508 e. The van der Waals surface area contributed by atoms with E-state index in [1.54, 1.807) is 32.0 Å². The summed E-state index contributed by atoms with van der Waals surface area (Å²) in [6, 6.07) is 10.2. The number of sulfonamides is 1. The van der Waals surface area contributed by atoms with Crippen molar-refractivity contribution in [3.05, 3.63) is 65.5 Å². The number of benzene rings is 2. The van der Waals surface area contributed by atoms with Gasteiger partial charge in [-0.3, -0.25) is 4.79 Å². The standard InChI is InChI=1S/C22H24N4O4S/c1-14-9-15(2)21(16(3)10-14)31(29,30)25-8-7-20(28)26-18-12-23-22(24-13-18)17-5-4-6-19(27)11-17/h4-6,9-13,25,27H,7-8H2,1-3H3,(H,26,28). The summed E-state index contributed by atoms with van der Waals surface area (Å²) in [4.78, 5) is 20.8. The number of aromatic hydroxyl groups is 1. The number of phenols is 1. The third kappa shape index (κ3) is 5.65. The summed E-state index contributed by atoms with van der Waals surface area (Å²) in [6.45, 7) is 5.38. The van der Waals surface area contributed by atoms with Crippen molar-refractivity contribution in [2.24, 2.45) is 0 Å². The van der Waals surface area contributed by atoms with Gasteiger partial charge in [0, 0.05) is 18.5 Å². The van der Waals surface area contributed by atoms with E-state index in [4.69, 9.17) is 0 Å². The Kier molecular flexibility index (Phi) is 6.67. The van der Waals surface area contributed by atoms with E-state index < -0.39 is 10.0 Å². The average Bonchev–Trinajstić information content (AvgIpc) is 2.67. The Morgan fingerprint density at radius 3 is 2.29 bits per heavy atom. The molecule has 162 valence electrons. The molecule has 0 aliphatic heterocycles. The molecule has 3 rings (SSSR count). The van der Waals surface area contributed by atoms with Gasteiger partial charge in [0.05, 0.1) is 23.0 Å². The molecule has 0 spiro atoms. The molecule has 0 radical (unpaired) electrons. The largest absolute Gasteiger partial charge is 0.508 e. The topological polar surface area (TPSA) is 121 Å². The van der Waals surface area contributed by atoms with Gasteiger partial charge in [-0.2, -0.15) is 0 Å². The molecule has 0 unspecified atom stereocenters. The molecule has 3 aromatic rings. The fraction of sp³-hybridized carbons (Fsp3) is 0.227. The fourth-order valence-electron chi connectivity index (χ4n) is 3.37. The number of nitrogens with zero attached hydrogens (tertiary/aromatic N) is 2. The first-order chi connectivity index (χ1) is 14.7. The van der Waals surface area contributed by atoms with Crippen molar-refractivity contribution in [1.82, 2.24) is 14.7 Å². The Labute approximate surface area is 181 Å². The summed E-state index contributed by atoms with van der Waals surface area (Å²) in [7, 11) is -3.72. The van der Waals surface area contributed by atoms with Crippen molar-refractivity contribution in [3.8, 4) is 17.1 Å². The lowest BCUT2D eigenvalue weighted by atomic mass is 10.1. The maximum atomic E-state index is 12.6. The van der Waals surface area contributed by atoms with Crippen LogP contribution in [0.5, 0.6) is 5.75 Å². The zero-order valence-electron chi connectivity index (χ0n) is 17.5. The molecule has 8 nitrogen and oxygen atoms in total. The van der Waals surface area contributed by atoms with Crippen LogP contribution in [0, 0.1) is 20.8 Å². The van der Waals surface area contributed by atoms with Crippen molar-refractivity contribution < 1.29 is 18.3 Å². The quantitative estimate of drug-likeness (QED) is 0.519. The number of rotatable bonds is 7. The van der Waals surface area contributed by atoms with E-state index in [0.717, 1.165) is 5.56 Å². The molecular formula is C22H24N4O4S. The first-order valence-electron chi connectivity index (χ1n) is 9.64. The van der Waals surface area contributed by atoms with E-state index in [0.29, 0.717) is 28.2 Å². The summed E-state index contributed by atoms with van der Waals surface area (Å²) in [5.74, 6) is 0.149. The second kappa shape index (κ2) is 9.23. The molecule has 9 heteroatoms. The number of amides is 1. The molecule has 1 heterocycles. The summed E-state index contributed by atoms with van der Waals surface area (Å²) in [6.07, 6.45) is 2.86. The van der Waals surface area contributed by atoms with E-state index in [2.05, 4.69) is 20.0 Å². The highest BCUT2D eigenvalue weighted by Gasteiger charge is 2.19. The lowest BCUT2D eigenvalue weighted by Crippen LogP contribution is -2.29. The van der Waals surface area contributed by atoms with E-state index in [1.807, 2.05) is 19.1 Å². The molecule has 1 amide bonds. The SMILES string of the molecule is Cc1cc(C)c(S(=O)(=O)NCCC(=O)Nc2cnc(-c3cccc(O)c3)nc2)c(C)c1. The van der Waals surface area contributed by atoms with Gasteiger partial charge in [0.25, 0.3) is 0 Å². The van der Waals surface area contributed by atoms with Crippen LogP contribution in [0.3, 0.4) is 0 Å². The molecule has 0 aliphatic carbocycles. The van der Waals surface area contributed by atoms with E-state index in [1.165, 1.54) is 18.5 Å². The first-order valence-corrected chi connectivity index (χ1v) is 11.1. The molecular weight excluding hydrogens is 416 g/mol. The van der Waals surface area contributed by atoms with Crippen molar-refractivity contribution in [3.63, 3.8) is 0 Å². The summed E-state index contributed by atoms with van der Waals surface area (Å²) in [5.41, 5.74) is 3.36. The smallest absolute Gasteiger partial charge is 0.241 e. The number of carbonyl (C=O) groups excluding carboxylic acids is 1. The van der Waals surface area contributed by atoms with E-state index in [9.17, 15) is 18.3 Å². The second-order valence-electron chi connectivity index (χ2n) is 7.27. The predicted molar refractivity (Wildman–Crippen MR) is 118 cm³/mol. The minimum atomic E-state index is -3.72. The van der Waals surface area contributed by atoms with E-state index in [-0.39, 0.29) is 29.5 Å². The van der Waals surface area contributed by atoms with Crippen LogP contribution in [0.4, 0.5) is 5.69 Å². The number of anilines is 1. The molecule has 0 atom stereocenters. The molecule has 3 N–H and O–H groups in total. The lowest BCUT2D eigenvalue weighted by Gasteiger charge is -2.13. The number of aryl methyl sites for hydroxylation is 3. The molecule has 1 aromatic heterocycles. The molecule has 0 aliphatic rings. The van der Waals surface area contributed by atoms with Gasteiger partial charge in [-0.05, 0) is 44.0 Å². The third-order valence-corrected chi connectivity index (χ3v) is 6.32. The number of aromatic nitrogens is 2. The number of phenolic OH excluding ortho intramolecular Hbond substituents is 1. The van der Waals surface area contributed by atoms with E-state index >= 15 is 0 Å². The number of carbonyl (C=O) groups is 1. The van der Waals surface area contributed by atoms with Crippen LogP contribution in [0.2, 0.25) is 0 Å². The highest BCUT2D eigenvalue weighted by atomic mass is 32.2. The minimum absolute atomic E-state index is 0.0385. The van der Waals surface area contributed by atoms with Crippen LogP contribution in [0.25, 0.3) is 11.4 Å². The Hall–Kier alpha value is -3.30. The predicted octanol–water partition coefficient (Wildman–Crippen LogP) is 3.08. The van der Waals surface area contributed by atoms with Gasteiger partial charge in [0.15, 0.2) is 5.82 Å². The maximum Gasteiger partial charge on any atom is 0.241 e. The van der Waals surface area contributed by atoms with Crippen molar-refractivity contribution in [2.75, 3.05) is 11.9 Å². The van der Waals surface area contributed by atoms with Crippen LogP contribution in [0.1, 0.15) is 23.1 Å². The van der Waals surface area contributed by atoms with Gasteiger partial charge in [-0.1, -0.05) is 29.8 Å². The monoisotopic (exact) mass is 440 g/mol. The molecule has 0 bridgehead atoms. The van der Waals surface area contributed by atoms with Gasteiger partial charge < -0.3 is 10.4 Å². The first kappa shape index (κ1) is 22.4. The van der Waals surface area contributed by atoms with Crippen LogP contribution < -0.4 is 10.0 Å². The molecule has 2 aromatic carbocycles. The zero-order valence-corrected chi connectivity index (χ0v) is 18.3. The third-order valence-electron chi connectivity index (χ3n) is 4.56. The van der Waals surface area contributed by atoms with Crippen molar-refractivity contribution in [1.29, 1.82) is 0 Å². The molecule has 31 heavy (non-hydrogen) atoms. The Bertz CT molecular complexity index is 1190. The fourth-order valence-corrected chi connectivity index (χ4v) is 4.85. The molecule has 0 saturated carbocycles. The van der Waals surface area contributed by atoms with Gasteiger partial charge in [0.2, 0.25) is 15.9 Å². The van der Waals surface area contributed by atoms with Gasteiger partial charge in [-0.15, -0.1) is 0 Å². The van der Waals surface area contributed by atoms with Crippen LogP contribution in [0.15, 0.2) is 53.7 Å². The maximum absolute atomic E-state index is 12.6. The summed E-state index contributed by atoms with van der Waals surface area (Å²) in [5, 5.41) is 12.2. The van der Waals surface area contributed by atoms with Gasteiger partial charge in [0.1, 0.15) is 5.75 Å². The summed E-state index contributed by atoms with van der Waals surface area (Å²) < 4.78 is 27.8. The van der Waals surface area contributed by atoms with Gasteiger partial charge >= 0.3 is 0 Å². The Morgan fingerprint density at radius 1 is 1.03 bits per heavy atom. The average molecular weight is 441 g/mol. The lowest BCUT2D eigenvalue weighted by molar-refractivity contribution is -0.116.